The Bertz CT molecular complexity index is 582. The topological polar surface area (TPSA) is 38.7 Å². The van der Waals surface area contributed by atoms with Crippen LogP contribution in [0.25, 0.3) is 0 Å². The number of aliphatic hydroxyl groups is 1. The van der Waals surface area contributed by atoms with E-state index in [1.54, 1.807) is 11.3 Å². The molecule has 0 radical (unpaired) electrons. The van der Waals surface area contributed by atoms with E-state index < -0.39 is 6.10 Å². The molecule has 1 atom stereocenters. The van der Waals surface area contributed by atoms with Gasteiger partial charge in [-0.25, -0.2) is 0 Å². The van der Waals surface area contributed by atoms with Gasteiger partial charge in [0.2, 0.25) is 0 Å². The molecule has 3 rings (SSSR count). The average molecular weight is 341 g/mol. The van der Waals surface area contributed by atoms with Crippen LogP contribution in [0.4, 0.5) is 0 Å². The highest BCUT2D eigenvalue weighted by Gasteiger charge is 2.18. The number of benzene rings is 1. The molecule has 2 aromatic rings. The summed E-state index contributed by atoms with van der Waals surface area (Å²) in [5, 5.41) is 14.3. The van der Waals surface area contributed by atoms with E-state index in [0.717, 1.165) is 27.8 Å². The van der Waals surface area contributed by atoms with E-state index in [9.17, 15) is 5.11 Å². The highest BCUT2D eigenvalue weighted by molar-refractivity contribution is 9.10. The lowest BCUT2D eigenvalue weighted by Crippen LogP contribution is -2.00. The molecule has 100 valence electrons. The fraction of sp³-hybridized carbons (Fsp3) is 0.286. The lowest BCUT2D eigenvalue weighted by molar-refractivity contribution is 0.219. The van der Waals surface area contributed by atoms with Crippen LogP contribution in [-0.4, -0.2) is 18.3 Å². The summed E-state index contributed by atoms with van der Waals surface area (Å²) >= 11 is 5.00. The molecule has 0 saturated carbocycles. The van der Waals surface area contributed by atoms with Crippen LogP contribution in [0.3, 0.4) is 0 Å². The van der Waals surface area contributed by atoms with Gasteiger partial charge in [-0.05, 0) is 39.0 Å². The standard InChI is InChI=1S/C14H13BrO3S/c15-11-8-19-7-10(11)14(16)9-2-3-12-13(6-9)18-5-1-4-17-12/h2-3,6-8,14,16H,1,4-5H2. The fourth-order valence-electron chi connectivity index (χ4n) is 2.02. The molecule has 1 N–H and O–H groups in total. The van der Waals surface area contributed by atoms with Crippen LogP contribution in [0.1, 0.15) is 23.7 Å². The predicted octanol–water partition coefficient (Wildman–Crippen LogP) is 3.75. The van der Waals surface area contributed by atoms with E-state index in [-0.39, 0.29) is 0 Å². The molecule has 1 unspecified atom stereocenters. The molecule has 1 aromatic heterocycles. The van der Waals surface area contributed by atoms with Crippen LogP contribution in [-0.2, 0) is 0 Å². The second-order valence-electron chi connectivity index (χ2n) is 4.33. The third kappa shape index (κ3) is 2.63. The summed E-state index contributed by atoms with van der Waals surface area (Å²) < 4.78 is 12.2. The first-order chi connectivity index (χ1) is 9.25. The molecule has 0 amide bonds. The predicted molar refractivity (Wildman–Crippen MR) is 78.1 cm³/mol. The van der Waals surface area contributed by atoms with E-state index in [2.05, 4.69) is 15.9 Å². The van der Waals surface area contributed by atoms with Crippen molar-refractivity contribution in [2.75, 3.05) is 13.2 Å². The first-order valence-electron chi connectivity index (χ1n) is 6.05. The summed E-state index contributed by atoms with van der Waals surface area (Å²) in [7, 11) is 0. The molecule has 1 aromatic carbocycles. The minimum atomic E-state index is -0.655. The molecule has 0 bridgehead atoms. The van der Waals surface area contributed by atoms with E-state index in [1.165, 1.54) is 0 Å². The zero-order valence-electron chi connectivity index (χ0n) is 10.1. The molecule has 0 saturated heterocycles. The second kappa shape index (κ2) is 5.53. The van der Waals surface area contributed by atoms with Gasteiger partial charge in [-0.1, -0.05) is 6.07 Å². The van der Waals surface area contributed by atoms with Crippen molar-refractivity contribution in [1.82, 2.24) is 0 Å². The summed E-state index contributed by atoms with van der Waals surface area (Å²) in [5.74, 6) is 1.46. The van der Waals surface area contributed by atoms with E-state index >= 15 is 0 Å². The molecule has 0 spiro atoms. The van der Waals surface area contributed by atoms with Crippen molar-refractivity contribution in [3.05, 3.63) is 44.6 Å². The molecule has 1 aliphatic rings. The summed E-state index contributed by atoms with van der Waals surface area (Å²) in [6.45, 7) is 1.32. The third-order valence-corrected chi connectivity index (χ3v) is 4.78. The van der Waals surface area contributed by atoms with E-state index in [1.807, 2.05) is 29.0 Å². The van der Waals surface area contributed by atoms with Crippen molar-refractivity contribution < 1.29 is 14.6 Å². The maximum Gasteiger partial charge on any atom is 0.161 e. The lowest BCUT2D eigenvalue weighted by Gasteiger charge is -2.13. The molecule has 2 heterocycles. The van der Waals surface area contributed by atoms with Crippen LogP contribution < -0.4 is 9.47 Å². The van der Waals surface area contributed by atoms with Crippen molar-refractivity contribution in [2.45, 2.75) is 12.5 Å². The molecule has 0 fully saturated rings. The first-order valence-corrected chi connectivity index (χ1v) is 7.78. The number of aliphatic hydroxyl groups excluding tert-OH is 1. The SMILES string of the molecule is OC(c1ccc2c(c1)OCCCO2)c1cscc1Br. The van der Waals surface area contributed by atoms with E-state index in [0.29, 0.717) is 19.0 Å². The van der Waals surface area contributed by atoms with Gasteiger partial charge < -0.3 is 14.6 Å². The Kier molecular flexibility index (Phi) is 3.77. The first kappa shape index (κ1) is 13.0. The van der Waals surface area contributed by atoms with Crippen LogP contribution in [0, 0.1) is 0 Å². The summed E-state index contributed by atoms with van der Waals surface area (Å²) in [4.78, 5) is 0. The highest BCUT2D eigenvalue weighted by Crippen LogP contribution is 2.36. The lowest BCUT2D eigenvalue weighted by atomic mass is 10.0. The second-order valence-corrected chi connectivity index (χ2v) is 5.93. The van der Waals surface area contributed by atoms with Crippen LogP contribution in [0.2, 0.25) is 0 Å². The van der Waals surface area contributed by atoms with E-state index in [4.69, 9.17) is 9.47 Å². The number of fused-ring (bicyclic) bond motifs is 1. The third-order valence-electron chi connectivity index (χ3n) is 3.02. The van der Waals surface area contributed by atoms with Gasteiger partial charge in [-0.15, -0.1) is 0 Å². The Morgan fingerprint density at radius 3 is 2.68 bits per heavy atom. The smallest absolute Gasteiger partial charge is 0.161 e. The van der Waals surface area contributed by atoms with Crippen molar-refractivity contribution in [3.8, 4) is 11.5 Å². The zero-order valence-corrected chi connectivity index (χ0v) is 12.5. The van der Waals surface area contributed by atoms with Crippen LogP contribution in [0.5, 0.6) is 11.5 Å². The quantitative estimate of drug-likeness (QED) is 0.904. The molecular weight excluding hydrogens is 328 g/mol. The Morgan fingerprint density at radius 2 is 1.95 bits per heavy atom. The van der Waals surface area contributed by atoms with Gasteiger partial charge in [0.25, 0.3) is 0 Å². The van der Waals surface area contributed by atoms with Crippen LogP contribution in [0.15, 0.2) is 33.4 Å². The largest absolute Gasteiger partial charge is 0.490 e. The molecule has 1 aliphatic heterocycles. The highest BCUT2D eigenvalue weighted by atomic mass is 79.9. The summed E-state index contributed by atoms with van der Waals surface area (Å²) in [6, 6.07) is 5.59. The Balaban J connectivity index is 1.93. The average Bonchev–Trinajstić information content (AvgIpc) is 2.72. The number of hydrogen-bond acceptors (Lipinski definition) is 4. The van der Waals surface area contributed by atoms with Gasteiger partial charge in [0.05, 0.1) is 13.2 Å². The van der Waals surface area contributed by atoms with Crippen molar-refractivity contribution in [2.24, 2.45) is 0 Å². The Labute approximate surface area is 123 Å². The Morgan fingerprint density at radius 1 is 1.16 bits per heavy atom. The van der Waals surface area contributed by atoms with Gasteiger partial charge in [-0.2, -0.15) is 11.3 Å². The van der Waals surface area contributed by atoms with Gasteiger partial charge in [0.15, 0.2) is 11.5 Å². The maximum absolute atomic E-state index is 10.4. The Hall–Kier alpha value is -1.04. The maximum atomic E-state index is 10.4. The molecule has 0 aliphatic carbocycles. The molecular formula is C14H13BrO3S. The minimum absolute atomic E-state index is 0.648. The van der Waals surface area contributed by atoms with Gasteiger partial charge >= 0.3 is 0 Å². The molecule has 19 heavy (non-hydrogen) atoms. The normalized spacial score (nSPS) is 15.9. The molecule has 3 nitrogen and oxygen atoms in total. The number of ether oxygens (including phenoxy) is 2. The van der Waals surface area contributed by atoms with Gasteiger partial charge in [-0.3, -0.25) is 0 Å². The number of halogens is 1. The van der Waals surface area contributed by atoms with Crippen molar-refractivity contribution >= 4 is 27.3 Å². The van der Waals surface area contributed by atoms with Gasteiger partial charge in [0.1, 0.15) is 6.10 Å². The van der Waals surface area contributed by atoms with Crippen LogP contribution >= 0.6 is 27.3 Å². The number of thiophene rings is 1. The summed E-state index contributed by atoms with van der Waals surface area (Å²) in [6.07, 6.45) is 0.223. The minimum Gasteiger partial charge on any atom is -0.490 e. The zero-order chi connectivity index (χ0) is 13.2. The van der Waals surface area contributed by atoms with Crippen molar-refractivity contribution in [3.63, 3.8) is 0 Å². The van der Waals surface area contributed by atoms with Crippen molar-refractivity contribution in [1.29, 1.82) is 0 Å². The number of hydrogen-bond donors (Lipinski definition) is 1. The molecule has 5 heteroatoms. The summed E-state index contributed by atoms with van der Waals surface area (Å²) in [5.41, 5.74) is 1.68. The van der Waals surface area contributed by atoms with Gasteiger partial charge in [0, 0.05) is 21.8 Å². The monoisotopic (exact) mass is 340 g/mol. The number of rotatable bonds is 2. The fourth-order valence-corrected chi connectivity index (χ4v) is 3.55.